The summed E-state index contributed by atoms with van der Waals surface area (Å²) in [4.78, 5) is 5.02. The lowest BCUT2D eigenvalue weighted by Gasteiger charge is -2.46. The predicted molar refractivity (Wildman–Crippen MR) is 246 cm³/mol. The molecule has 2 aliphatic heterocycles. The topological polar surface area (TPSA) is 19.6 Å². The molecule has 292 valence electrons. The second kappa shape index (κ2) is 12.2. The van der Waals surface area contributed by atoms with E-state index in [2.05, 4.69) is 198 Å². The molecule has 57 heavy (non-hydrogen) atoms. The first-order valence-electron chi connectivity index (χ1n) is 21.3. The Morgan fingerprint density at radius 3 is 1.53 bits per heavy atom. The molecule has 0 radical (unpaired) electrons. The third-order valence-corrected chi connectivity index (χ3v) is 13.7. The summed E-state index contributed by atoms with van der Waals surface area (Å²) < 4.78 is 7.25. The molecule has 1 aliphatic carbocycles. The van der Waals surface area contributed by atoms with E-state index in [-0.39, 0.29) is 33.8 Å². The van der Waals surface area contributed by atoms with Crippen LogP contribution in [0.2, 0.25) is 0 Å². The van der Waals surface area contributed by atoms with Gasteiger partial charge >= 0.3 is 0 Å². The zero-order valence-corrected chi connectivity index (χ0v) is 37.0. The highest BCUT2D eigenvalue weighted by Crippen LogP contribution is 2.51. The van der Waals surface area contributed by atoms with Crippen LogP contribution < -0.4 is 26.2 Å². The van der Waals surface area contributed by atoms with Crippen molar-refractivity contribution in [3.8, 4) is 0 Å². The van der Waals surface area contributed by atoms with Gasteiger partial charge < -0.3 is 9.32 Å². The van der Waals surface area contributed by atoms with Crippen LogP contribution in [0, 0.1) is 6.92 Å². The molecule has 0 bridgehead atoms. The van der Waals surface area contributed by atoms with Crippen molar-refractivity contribution in [3.63, 3.8) is 0 Å². The van der Waals surface area contributed by atoms with Crippen molar-refractivity contribution in [3.05, 3.63) is 124 Å². The van der Waals surface area contributed by atoms with Gasteiger partial charge in [0.2, 0.25) is 5.88 Å². The van der Waals surface area contributed by atoms with Crippen LogP contribution in [-0.4, -0.2) is 6.71 Å². The van der Waals surface area contributed by atoms with E-state index < -0.39 is 0 Å². The van der Waals surface area contributed by atoms with Gasteiger partial charge in [0.15, 0.2) is 0 Å². The maximum Gasteiger partial charge on any atom is 0.257 e. The number of hydrogen-bond acceptors (Lipinski definition) is 3. The minimum Gasteiger partial charge on any atom is -0.440 e. The molecule has 0 amide bonds. The van der Waals surface area contributed by atoms with Gasteiger partial charge in [-0.05, 0) is 140 Å². The van der Waals surface area contributed by atoms with Crippen molar-refractivity contribution in [1.82, 2.24) is 0 Å². The van der Waals surface area contributed by atoms with Gasteiger partial charge in [-0.25, -0.2) is 0 Å². The second-order valence-corrected chi connectivity index (χ2v) is 21.9. The number of benzene rings is 5. The molecule has 0 unspecified atom stereocenters. The highest BCUT2D eigenvalue weighted by molar-refractivity contribution is 7.01. The molecule has 9 rings (SSSR count). The Labute approximate surface area is 342 Å². The normalized spacial score (nSPS) is 17.0. The van der Waals surface area contributed by atoms with Crippen LogP contribution in [0.5, 0.6) is 0 Å². The highest BCUT2D eigenvalue weighted by Gasteiger charge is 2.48. The van der Waals surface area contributed by atoms with Crippen LogP contribution in [0.1, 0.15) is 136 Å². The Morgan fingerprint density at radius 2 is 1.00 bits per heavy atom. The quantitative estimate of drug-likeness (QED) is 0.164. The summed E-state index contributed by atoms with van der Waals surface area (Å²) in [5, 5.41) is 1.20. The highest BCUT2D eigenvalue weighted by atomic mass is 16.4. The van der Waals surface area contributed by atoms with Crippen LogP contribution in [0.25, 0.3) is 11.0 Å². The first kappa shape index (κ1) is 37.9. The Bertz CT molecular complexity index is 2580. The number of nitrogens with zero attached hydrogens (tertiary/aromatic N) is 2. The van der Waals surface area contributed by atoms with Crippen LogP contribution >= 0.6 is 0 Å². The molecule has 5 aromatic carbocycles. The second-order valence-electron chi connectivity index (χ2n) is 21.9. The van der Waals surface area contributed by atoms with E-state index in [0.29, 0.717) is 0 Å². The van der Waals surface area contributed by atoms with E-state index >= 15 is 0 Å². The summed E-state index contributed by atoms with van der Waals surface area (Å²) in [7, 11) is 0. The standard InChI is InChI=1S/C53H61BN2O/c1-32-27-43-47-44(28-32)56(37-22-17-34(18-23-37)50(5,6)7)48-46(38-24-19-35(51(8,9)10)29-45(38)57-48)54(47)41-30-39-40(53(13,14)26-25-52(39,11)12)31-42(41)55(43)36-20-15-33(16-21-36)49(2,3)4/h15-24,27-31H,25-26H2,1-14H3. The molecule has 0 fully saturated rings. The van der Waals surface area contributed by atoms with E-state index in [1.807, 2.05) is 0 Å². The van der Waals surface area contributed by atoms with E-state index in [9.17, 15) is 0 Å². The molecule has 0 N–H and O–H groups in total. The van der Waals surface area contributed by atoms with Gasteiger partial charge in [-0.3, -0.25) is 4.90 Å². The summed E-state index contributed by atoms with van der Waals surface area (Å²) in [5.41, 5.74) is 19.4. The number of furan rings is 1. The summed E-state index contributed by atoms with van der Waals surface area (Å²) >= 11 is 0. The van der Waals surface area contributed by atoms with Crippen molar-refractivity contribution < 1.29 is 4.42 Å². The summed E-state index contributed by atoms with van der Waals surface area (Å²) in [6.45, 7) is 32.7. The monoisotopic (exact) mass is 752 g/mol. The largest absolute Gasteiger partial charge is 0.440 e. The zero-order chi connectivity index (χ0) is 40.8. The third kappa shape index (κ3) is 5.91. The van der Waals surface area contributed by atoms with Gasteiger partial charge in [0.25, 0.3) is 6.71 Å². The number of aryl methyl sites for hydroxylation is 1. The minimum absolute atomic E-state index is 0.00483. The number of rotatable bonds is 2. The van der Waals surface area contributed by atoms with E-state index in [1.54, 1.807) is 0 Å². The molecule has 3 heterocycles. The minimum atomic E-state index is -0.0105. The molecule has 0 spiro atoms. The Morgan fingerprint density at radius 1 is 0.526 bits per heavy atom. The van der Waals surface area contributed by atoms with Gasteiger partial charge in [0, 0.05) is 39.3 Å². The number of hydrogen-bond donors (Lipinski definition) is 0. The van der Waals surface area contributed by atoms with Crippen LogP contribution in [0.15, 0.2) is 95.4 Å². The van der Waals surface area contributed by atoms with Gasteiger partial charge in [-0.1, -0.05) is 132 Å². The molecule has 6 aromatic rings. The Kier molecular flexibility index (Phi) is 8.08. The van der Waals surface area contributed by atoms with Crippen LogP contribution in [-0.2, 0) is 27.1 Å². The molecule has 0 atom stereocenters. The van der Waals surface area contributed by atoms with Crippen molar-refractivity contribution in [2.75, 3.05) is 9.80 Å². The summed E-state index contributed by atoms with van der Waals surface area (Å²) in [6.07, 6.45) is 2.34. The Hall–Kier alpha value is -4.70. The fourth-order valence-corrected chi connectivity index (χ4v) is 9.93. The fourth-order valence-electron chi connectivity index (χ4n) is 9.93. The Balaban J connectivity index is 1.40. The van der Waals surface area contributed by atoms with Gasteiger partial charge in [0.05, 0.1) is 0 Å². The third-order valence-electron chi connectivity index (χ3n) is 13.7. The first-order chi connectivity index (χ1) is 26.5. The lowest BCUT2D eigenvalue weighted by atomic mass is 9.33. The molecular formula is C53H61BN2O. The molecule has 1 aromatic heterocycles. The zero-order valence-electron chi connectivity index (χ0n) is 37.0. The number of fused-ring (bicyclic) bond motifs is 7. The average Bonchev–Trinajstić information content (AvgIpc) is 3.50. The average molecular weight is 753 g/mol. The molecule has 3 aliphatic rings. The molecule has 3 nitrogen and oxygen atoms in total. The van der Waals surface area contributed by atoms with Gasteiger partial charge in [0.1, 0.15) is 5.58 Å². The van der Waals surface area contributed by atoms with Crippen molar-refractivity contribution >= 4 is 68.4 Å². The maximum absolute atomic E-state index is 7.25. The van der Waals surface area contributed by atoms with E-state index in [4.69, 9.17) is 4.42 Å². The molecule has 0 saturated heterocycles. The van der Waals surface area contributed by atoms with Gasteiger partial charge in [-0.2, -0.15) is 0 Å². The van der Waals surface area contributed by atoms with E-state index in [0.717, 1.165) is 17.2 Å². The van der Waals surface area contributed by atoms with Crippen molar-refractivity contribution in [2.24, 2.45) is 0 Å². The first-order valence-corrected chi connectivity index (χ1v) is 21.3. The fraction of sp³-hybridized carbons (Fsp3) is 0.396. The molecule has 4 heteroatoms. The number of anilines is 6. The molecule has 0 saturated carbocycles. The lowest BCUT2D eigenvalue weighted by Crippen LogP contribution is -2.61. The van der Waals surface area contributed by atoms with Crippen LogP contribution in [0.3, 0.4) is 0 Å². The van der Waals surface area contributed by atoms with Crippen LogP contribution in [0.4, 0.5) is 34.3 Å². The predicted octanol–water partition coefficient (Wildman–Crippen LogP) is 13.1. The van der Waals surface area contributed by atoms with E-state index in [1.165, 1.54) is 90.7 Å². The van der Waals surface area contributed by atoms with Gasteiger partial charge in [-0.15, -0.1) is 0 Å². The summed E-state index contributed by atoms with van der Waals surface area (Å²) in [5.74, 6) is 0.930. The van der Waals surface area contributed by atoms with Crippen molar-refractivity contribution in [2.45, 2.75) is 137 Å². The lowest BCUT2D eigenvalue weighted by molar-refractivity contribution is 0.332. The molecular weight excluding hydrogens is 691 g/mol. The summed E-state index contributed by atoms with van der Waals surface area (Å²) in [6, 6.07) is 35.6. The SMILES string of the molecule is Cc1cc2c3c(c1)N(c1ccc(C(C)(C)C)cc1)c1oc4cc(C(C)(C)C)ccc4c1B3c1cc3c(cc1N2c1ccc(C(C)(C)C)cc1)C(C)(C)CCC3(C)C. The maximum atomic E-state index is 7.25. The van der Waals surface area contributed by atoms with Crippen molar-refractivity contribution in [1.29, 1.82) is 0 Å². The smallest absolute Gasteiger partial charge is 0.257 e.